The number of allylic oxidation sites excluding steroid dienone is 5. The van der Waals surface area contributed by atoms with Gasteiger partial charge in [0.15, 0.2) is 0 Å². The van der Waals surface area contributed by atoms with Crippen molar-refractivity contribution < 1.29 is 24.5 Å². The van der Waals surface area contributed by atoms with Crippen LogP contribution < -0.4 is 5.32 Å². The molecule has 1 amide bonds. The van der Waals surface area contributed by atoms with Gasteiger partial charge < -0.3 is 20.3 Å². The fourth-order valence-electron chi connectivity index (χ4n) is 7.31. The maximum absolute atomic E-state index is 12.4. The highest BCUT2D eigenvalue weighted by atomic mass is 16.5. The minimum Gasteiger partial charge on any atom is -0.466 e. The van der Waals surface area contributed by atoms with Crippen LogP contribution in [-0.4, -0.2) is 47.4 Å². The summed E-state index contributed by atoms with van der Waals surface area (Å²) in [5, 5.41) is 23.0. The summed E-state index contributed by atoms with van der Waals surface area (Å²) in [4.78, 5) is 24.4. The van der Waals surface area contributed by atoms with Crippen LogP contribution in [0.25, 0.3) is 0 Å². The van der Waals surface area contributed by atoms with Gasteiger partial charge in [-0.25, -0.2) is 0 Å². The second kappa shape index (κ2) is 46.8. The first kappa shape index (κ1) is 55.1. The first-order valence-corrected chi connectivity index (χ1v) is 24.8. The van der Waals surface area contributed by atoms with Crippen molar-refractivity contribution in [2.24, 2.45) is 0 Å². The first-order valence-electron chi connectivity index (χ1n) is 24.8. The summed E-state index contributed by atoms with van der Waals surface area (Å²) in [6, 6.07) is -0.639. The highest BCUT2D eigenvalue weighted by Gasteiger charge is 2.18. The molecular weight excluding hydrogens is 707 g/mol. The van der Waals surface area contributed by atoms with Crippen LogP contribution in [-0.2, 0) is 14.3 Å². The van der Waals surface area contributed by atoms with Crippen molar-refractivity contribution in [2.45, 2.75) is 264 Å². The Morgan fingerprint density at radius 1 is 0.491 bits per heavy atom. The van der Waals surface area contributed by atoms with Gasteiger partial charge in [-0.2, -0.15) is 0 Å². The van der Waals surface area contributed by atoms with E-state index in [0.717, 1.165) is 70.6 Å². The van der Waals surface area contributed by atoms with E-state index in [1.165, 1.54) is 154 Å². The topological polar surface area (TPSA) is 95.9 Å². The molecule has 0 rings (SSSR count). The molecule has 334 valence electrons. The molecular formula is C51H95NO5. The monoisotopic (exact) mass is 802 g/mol. The van der Waals surface area contributed by atoms with Gasteiger partial charge in [-0.05, 0) is 64.2 Å². The smallest absolute Gasteiger partial charge is 0.305 e. The number of hydrogen-bond acceptors (Lipinski definition) is 5. The second-order valence-corrected chi connectivity index (χ2v) is 16.8. The zero-order chi connectivity index (χ0) is 41.5. The van der Waals surface area contributed by atoms with Gasteiger partial charge in [0.25, 0.3) is 0 Å². The lowest BCUT2D eigenvalue weighted by Gasteiger charge is -2.20. The molecule has 0 aliphatic carbocycles. The number of unbranched alkanes of at least 4 members (excludes halogenated alkanes) is 30. The lowest BCUT2D eigenvalue weighted by molar-refractivity contribution is -0.143. The predicted molar refractivity (Wildman–Crippen MR) is 246 cm³/mol. The van der Waals surface area contributed by atoms with Gasteiger partial charge in [-0.15, -0.1) is 0 Å². The SMILES string of the molecule is CCCCCC/C=C\C/C=C\CCCCCCCC(=O)OCCCCCCCCCCCCCCC(=O)NC(CO)C(O)/C=C/CCCCCCCCCCCC. The Kier molecular flexibility index (Phi) is 45.2. The lowest BCUT2D eigenvalue weighted by Crippen LogP contribution is -2.45. The molecule has 6 heteroatoms. The molecule has 2 atom stereocenters. The van der Waals surface area contributed by atoms with Crippen LogP contribution in [0.1, 0.15) is 251 Å². The largest absolute Gasteiger partial charge is 0.466 e. The lowest BCUT2D eigenvalue weighted by atomic mass is 10.0. The normalized spacial score (nSPS) is 13.0. The standard InChI is InChI=1S/C51H95NO5/c1-3-5-7-9-11-13-15-17-18-19-20-25-29-33-37-41-45-51(56)57-46-42-38-34-30-26-22-21-24-28-32-36-40-44-50(55)52-48(47-53)49(54)43-39-35-31-27-23-16-14-12-10-8-6-4-2/h13,15,18-19,39,43,48-49,53-54H,3-12,14,16-17,20-38,40-42,44-47H2,1-2H3,(H,52,55)/b15-13-,19-18-,43-39+. The number of esters is 1. The third kappa shape index (κ3) is 43.5. The molecule has 0 saturated heterocycles. The second-order valence-electron chi connectivity index (χ2n) is 16.8. The van der Waals surface area contributed by atoms with Crippen LogP contribution in [0.3, 0.4) is 0 Å². The van der Waals surface area contributed by atoms with E-state index in [9.17, 15) is 19.8 Å². The van der Waals surface area contributed by atoms with Crippen molar-refractivity contribution >= 4 is 11.9 Å². The van der Waals surface area contributed by atoms with Crippen LogP contribution in [0.5, 0.6) is 0 Å². The Morgan fingerprint density at radius 2 is 0.877 bits per heavy atom. The highest BCUT2D eigenvalue weighted by Crippen LogP contribution is 2.15. The van der Waals surface area contributed by atoms with E-state index in [0.29, 0.717) is 19.4 Å². The summed E-state index contributed by atoms with van der Waals surface area (Å²) in [6.45, 7) is 4.82. The Balaban J connectivity index is 3.50. The number of amides is 1. The first-order chi connectivity index (χ1) is 28.0. The summed E-state index contributed by atoms with van der Waals surface area (Å²) < 4.78 is 5.45. The average Bonchev–Trinajstić information content (AvgIpc) is 3.21. The number of aliphatic hydroxyl groups excluding tert-OH is 2. The van der Waals surface area contributed by atoms with E-state index >= 15 is 0 Å². The van der Waals surface area contributed by atoms with Crippen molar-refractivity contribution in [3.63, 3.8) is 0 Å². The minimum absolute atomic E-state index is 0.0251. The molecule has 0 aromatic carbocycles. The van der Waals surface area contributed by atoms with Crippen molar-refractivity contribution in [1.29, 1.82) is 0 Å². The van der Waals surface area contributed by atoms with Crippen molar-refractivity contribution in [3.8, 4) is 0 Å². The van der Waals surface area contributed by atoms with E-state index in [4.69, 9.17) is 4.74 Å². The molecule has 57 heavy (non-hydrogen) atoms. The molecule has 0 aliphatic heterocycles. The molecule has 0 aromatic heterocycles. The molecule has 0 heterocycles. The molecule has 3 N–H and O–H groups in total. The van der Waals surface area contributed by atoms with E-state index in [1.807, 2.05) is 6.08 Å². The van der Waals surface area contributed by atoms with Crippen LogP contribution in [0.2, 0.25) is 0 Å². The predicted octanol–water partition coefficient (Wildman–Crippen LogP) is 14.5. The fraction of sp³-hybridized carbons (Fsp3) is 0.843. The van der Waals surface area contributed by atoms with Gasteiger partial charge in [0.2, 0.25) is 5.91 Å². The summed E-state index contributed by atoms with van der Waals surface area (Å²) in [6.07, 6.45) is 55.6. The molecule has 0 spiro atoms. The van der Waals surface area contributed by atoms with Gasteiger partial charge in [0.05, 0.1) is 25.4 Å². The number of hydrogen-bond donors (Lipinski definition) is 3. The van der Waals surface area contributed by atoms with Gasteiger partial charge >= 0.3 is 5.97 Å². The van der Waals surface area contributed by atoms with Crippen LogP contribution in [0.15, 0.2) is 36.5 Å². The minimum atomic E-state index is -0.854. The van der Waals surface area contributed by atoms with E-state index in [2.05, 4.69) is 43.5 Å². The van der Waals surface area contributed by atoms with Crippen molar-refractivity contribution in [1.82, 2.24) is 5.32 Å². The number of carbonyl (C=O) groups excluding carboxylic acids is 2. The third-order valence-corrected chi connectivity index (χ3v) is 11.2. The molecule has 0 bridgehead atoms. The number of ether oxygens (including phenoxy) is 1. The van der Waals surface area contributed by atoms with E-state index in [-0.39, 0.29) is 18.5 Å². The Labute approximate surface area is 353 Å². The van der Waals surface area contributed by atoms with Gasteiger partial charge in [0, 0.05) is 12.8 Å². The Bertz CT molecular complexity index is 931. The molecule has 0 radical (unpaired) electrons. The summed E-state index contributed by atoms with van der Waals surface area (Å²) in [7, 11) is 0. The average molecular weight is 802 g/mol. The van der Waals surface area contributed by atoms with Crippen LogP contribution in [0, 0.1) is 0 Å². The fourth-order valence-corrected chi connectivity index (χ4v) is 7.31. The molecule has 6 nitrogen and oxygen atoms in total. The van der Waals surface area contributed by atoms with Crippen LogP contribution in [0.4, 0.5) is 0 Å². The zero-order valence-electron chi connectivity index (χ0n) is 37.8. The van der Waals surface area contributed by atoms with Gasteiger partial charge in [-0.3, -0.25) is 9.59 Å². The number of carbonyl (C=O) groups is 2. The molecule has 0 saturated carbocycles. The van der Waals surface area contributed by atoms with Crippen molar-refractivity contribution in [2.75, 3.05) is 13.2 Å². The highest BCUT2D eigenvalue weighted by molar-refractivity contribution is 5.76. The Hall–Kier alpha value is -1.92. The Morgan fingerprint density at radius 3 is 1.35 bits per heavy atom. The number of rotatable bonds is 45. The quantitative estimate of drug-likeness (QED) is 0.0324. The van der Waals surface area contributed by atoms with Gasteiger partial charge in [-0.1, -0.05) is 211 Å². The summed E-state index contributed by atoms with van der Waals surface area (Å²) in [5.41, 5.74) is 0. The molecule has 0 aromatic rings. The zero-order valence-corrected chi connectivity index (χ0v) is 37.8. The molecule has 2 unspecified atom stereocenters. The number of aliphatic hydroxyl groups is 2. The molecule has 0 aliphatic rings. The maximum atomic E-state index is 12.4. The van der Waals surface area contributed by atoms with E-state index in [1.54, 1.807) is 6.08 Å². The summed E-state index contributed by atoms with van der Waals surface area (Å²) in [5.74, 6) is -0.111. The van der Waals surface area contributed by atoms with Crippen molar-refractivity contribution in [3.05, 3.63) is 36.5 Å². The van der Waals surface area contributed by atoms with Gasteiger partial charge in [0.1, 0.15) is 0 Å². The summed E-state index contributed by atoms with van der Waals surface area (Å²) >= 11 is 0. The molecule has 0 fully saturated rings. The van der Waals surface area contributed by atoms with E-state index < -0.39 is 12.1 Å². The maximum Gasteiger partial charge on any atom is 0.305 e. The number of nitrogens with one attached hydrogen (secondary N) is 1. The third-order valence-electron chi connectivity index (χ3n) is 11.2. The van der Waals surface area contributed by atoms with Crippen LogP contribution >= 0.6 is 0 Å².